The summed E-state index contributed by atoms with van der Waals surface area (Å²) in [6, 6.07) is 0.409. The van der Waals surface area contributed by atoms with E-state index in [1.165, 1.54) is 0 Å². The van der Waals surface area contributed by atoms with Gasteiger partial charge in [-0.3, -0.25) is 4.79 Å². The van der Waals surface area contributed by atoms with Gasteiger partial charge >= 0.3 is 5.97 Å². The lowest BCUT2D eigenvalue weighted by Gasteiger charge is -2.33. The fourth-order valence-electron chi connectivity index (χ4n) is 2.27. The number of rotatable bonds is 2. The third-order valence-electron chi connectivity index (χ3n) is 3.29. The Bertz CT molecular complexity index is 565. The number of carboxylic acid groups (broad SMARTS) is 1. The first-order valence-electron chi connectivity index (χ1n) is 6.10. The summed E-state index contributed by atoms with van der Waals surface area (Å²) in [4.78, 5) is 24.4. The molecule has 1 aliphatic rings. The van der Waals surface area contributed by atoms with E-state index in [2.05, 4.69) is 0 Å². The van der Waals surface area contributed by atoms with Crippen molar-refractivity contribution >= 4 is 23.5 Å². The molecule has 20 heavy (non-hydrogen) atoms. The maximum Gasteiger partial charge on any atom is 0.326 e. The van der Waals surface area contributed by atoms with E-state index in [0.29, 0.717) is 31.4 Å². The van der Waals surface area contributed by atoms with Crippen LogP contribution >= 0.6 is 11.6 Å². The zero-order valence-corrected chi connectivity index (χ0v) is 11.2. The number of piperidine rings is 1. The second kappa shape index (κ2) is 5.75. The van der Waals surface area contributed by atoms with E-state index in [-0.39, 0.29) is 6.54 Å². The van der Waals surface area contributed by atoms with Gasteiger partial charge in [0.05, 0.1) is 10.6 Å². The molecule has 7 heteroatoms. The molecule has 2 rings (SSSR count). The largest absolute Gasteiger partial charge is 0.480 e. The highest BCUT2D eigenvalue weighted by Gasteiger charge is 2.33. The van der Waals surface area contributed by atoms with Gasteiger partial charge in [0.1, 0.15) is 17.7 Å². The molecule has 0 saturated carbocycles. The molecule has 1 aliphatic heterocycles. The molecule has 0 aliphatic carbocycles. The Kier molecular flexibility index (Phi) is 4.23. The topological polar surface area (TPSA) is 57.6 Å². The van der Waals surface area contributed by atoms with Crippen molar-refractivity contribution in [2.75, 3.05) is 6.54 Å². The van der Waals surface area contributed by atoms with E-state index < -0.39 is 40.1 Å². The smallest absolute Gasteiger partial charge is 0.326 e. The van der Waals surface area contributed by atoms with Gasteiger partial charge in [-0.25, -0.2) is 13.6 Å². The number of carbonyl (C=O) groups is 2. The molecule has 1 fully saturated rings. The summed E-state index contributed by atoms with van der Waals surface area (Å²) in [6.45, 7) is 0.208. The number of nitrogens with zero attached hydrogens (tertiary/aromatic N) is 1. The quantitative estimate of drug-likeness (QED) is 0.855. The number of carbonyl (C=O) groups excluding carboxylic acids is 1. The van der Waals surface area contributed by atoms with Gasteiger partial charge in [0.15, 0.2) is 0 Å². The minimum atomic E-state index is -1.15. The van der Waals surface area contributed by atoms with Crippen LogP contribution in [0.3, 0.4) is 0 Å². The average molecular weight is 304 g/mol. The monoisotopic (exact) mass is 303 g/mol. The van der Waals surface area contributed by atoms with Crippen LogP contribution in [0.4, 0.5) is 8.78 Å². The van der Waals surface area contributed by atoms with E-state index in [0.717, 1.165) is 4.90 Å². The van der Waals surface area contributed by atoms with Crippen molar-refractivity contribution in [2.24, 2.45) is 0 Å². The standard InChI is InChI=1S/C13H12ClF2NO3/c14-8-6-9(15)7(5-10(8)16)12(18)17-4-2-1-3-11(17)13(19)20/h5-6,11H,1-4H2,(H,19,20). The fourth-order valence-corrected chi connectivity index (χ4v) is 2.42. The van der Waals surface area contributed by atoms with Gasteiger partial charge in [0.25, 0.3) is 5.91 Å². The Hall–Kier alpha value is -1.69. The molecular weight excluding hydrogens is 292 g/mol. The highest BCUT2D eigenvalue weighted by atomic mass is 35.5. The van der Waals surface area contributed by atoms with Crippen molar-refractivity contribution in [3.8, 4) is 0 Å². The number of hydrogen-bond acceptors (Lipinski definition) is 2. The summed E-state index contributed by atoms with van der Waals surface area (Å²) in [6.07, 6.45) is 1.62. The first-order chi connectivity index (χ1) is 9.41. The lowest BCUT2D eigenvalue weighted by molar-refractivity contribution is -0.143. The van der Waals surface area contributed by atoms with Gasteiger partial charge < -0.3 is 10.0 Å². The van der Waals surface area contributed by atoms with Crippen LogP contribution in [0.5, 0.6) is 0 Å². The van der Waals surface area contributed by atoms with Crippen molar-refractivity contribution < 1.29 is 23.5 Å². The van der Waals surface area contributed by atoms with Crippen molar-refractivity contribution in [1.82, 2.24) is 4.90 Å². The van der Waals surface area contributed by atoms with Crippen molar-refractivity contribution in [2.45, 2.75) is 25.3 Å². The fraction of sp³-hybridized carbons (Fsp3) is 0.385. The predicted octanol–water partition coefficient (Wildman–Crippen LogP) is 2.70. The van der Waals surface area contributed by atoms with Gasteiger partial charge in [0.2, 0.25) is 0 Å². The first kappa shape index (κ1) is 14.7. The van der Waals surface area contributed by atoms with Crippen LogP contribution in [0.1, 0.15) is 29.6 Å². The second-order valence-electron chi connectivity index (χ2n) is 4.59. The molecule has 1 aromatic carbocycles. The maximum atomic E-state index is 13.7. The SMILES string of the molecule is O=C(O)C1CCCCN1C(=O)c1cc(F)c(Cl)cc1F. The van der Waals surface area contributed by atoms with Crippen molar-refractivity contribution in [1.29, 1.82) is 0 Å². The molecule has 0 aromatic heterocycles. The van der Waals surface area contributed by atoms with Crippen LogP contribution in [0.15, 0.2) is 12.1 Å². The second-order valence-corrected chi connectivity index (χ2v) is 5.00. The van der Waals surface area contributed by atoms with Crippen LogP contribution in [0.25, 0.3) is 0 Å². The number of benzene rings is 1. The molecule has 1 unspecified atom stereocenters. The van der Waals surface area contributed by atoms with Crippen LogP contribution in [-0.4, -0.2) is 34.5 Å². The lowest BCUT2D eigenvalue weighted by Crippen LogP contribution is -2.48. The Balaban J connectivity index is 2.34. The molecule has 1 saturated heterocycles. The summed E-state index contributed by atoms with van der Waals surface area (Å²) >= 11 is 5.42. The lowest BCUT2D eigenvalue weighted by atomic mass is 10.0. The molecular formula is C13H12ClF2NO3. The zero-order valence-electron chi connectivity index (χ0n) is 10.4. The summed E-state index contributed by atoms with van der Waals surface area (Å²) in [7, 11) is 0. The molecule has 0 spiro atoms. The number of aliphatic carboxylic acids is 1. The van der Waals surface area contributed by atoms with Crippen LogP contribution in [-0.2, 0) is 4.79 Å². The molecule has 1 amide bonds. The van der Waals surface area contributed by atoms with E-state index in [9.17, 15) is 18.4 Å². The maximum absolute atomic E-state index is 13.7. The van der Waals surface area contributed by atoms with Gasteiger partial charge in [0, 0.05) is 6.54 Å². The van der Waals surface area contributed by atoms with Gasteiger partial charge in [-0.1, -0.05) is 11.6 Å². The third kappa shape index (κ3) is 2.75. The Morgan fingerprint density at radius 1 is 1.25 bits per heavy atom. The Morgan fingerprint density at radius 3 is 2.60 bits per heavy atom. The van der Waals surface area contributed by atoms with E-state index in [1.54, 1.807) is 0 Å². The van der Waals surface area contributed by atoms with Crippen molar-refractivity contribution in [3.05, 3.63) is 34.4 Å². The predicted molar refractivity (Wildman–Crippen MR) is 67.7 cm³/mol. The highest BCUT2D eigenvalue weighted by molar-refractivity contribution is 6.30. The molecule has 1 N–H and O–H groups in total. The van der Waals surface area contributed by atoms with Gasteiger partial charge in [-0.15, -0.1) is 0 Å². The molecule has 108 valence electrons. The van der Waals surface area contributed by atoms with Gasteiger partial charge in [-0.2, -0.15) is 0 Å². The van der Waals surface area contributed by atoms with E-state index in [4.69, 9.17) is 16.7 Å². The summed E-state index contributed by atoms with van der Waals surface area (Å²) in [5.74, 6) is -3.85. The molecule has 1 atom stereocenters. The van der Waals surface area contributed by atoms with Crippen LogP contribution in [0, 0.1) is 11.6 Å². The number of amides is 1. The normalized spacial score (nSPS) is 18.9. The molecule has 0 bridgehead atoms. The zero-order chi connectivity index (χ0) is 14.9. The average Bonchev–Trinajstić information content (AvgIpc) is 2.42. The number of hydrogen-bond donors (Lipinski definition) is 1. The Labute approximate surface area is 118 Å². The Morgan fingerprint density at radius 2 is 1.95 bits per heavy atom. The first-order valence-corrected chi connectivity index (χ1v) is 6.48. The highest BCUT2D eigenvalue weighted by Crippen LogP contribution is 2.24. The van der Waals surface area contributed by atoms with Crippen LogP contribution in [0.2, 0.25) is 5.02 Å². The number of carboxylic acids is 1. The minimum Gasteiger partial charge on any atom is -0.480 e. The van der Waals surface area contributed by atoms with E-state index in [1.807, 2.05) is 0 Å². The third-order valence-corrected chi connectivity index (χ3v) is 3.58. The van der Waals surface area contributed by atoms with Crippen molar-refractivity contribution in [3.63, 3.8) is 0 Å². The minimum absolute atomic E-state index is 0.208. The van der Waals surface area contributed by atoms with E-state index >= 15 is 0 Å². The summed E-state index contributed by atoms with van der Waals surface area (Å²) < 4.78 is 27.1. The molecule has 1 aromatic rings. The number of likely N-dealkylation sites (tertiary alicyclic amines) is 1. The molecule has 1 heterocycles. The summed E-state index contributed by atoms with van der Waals surface area (Å²) in [5, 5.41) is 8.67. The molecule has 0 radical (unpaired) electrons. The van der Waals surface area contributed by atoms with Crippen LogP contribution < -0.4 is 0 Å². The summed E-state index contributed by atoms with van der Waals surface area (Å²) in [5.41, 5.74) is -0.500. The van der Waals surface area contributed by atoms with Gasteiger partial charge in [-0.05, 0) is 31.4 Å². The molecule has 4 nitrogen and oxygen atoms in total. The number of halogens is 3.